The first-order valence-corrected chi connectivity index (χ1v) is 9.62. The molecule has 0 atom stereocenters. The minimum atomic E-state index is 0.703. The number of rotatable bonds is 4. The lowest BCUT2D eigenvalue weighted by molar-refractivity contribution is 0.122. The van der Waals surface area contributed by atoms with E-state index < -0.39 is 0 Å². The van der Waals surface area contributed by atoms with Gasteiger partial charge in [0.05, 0.1) is 25.1 Å². The highest BCUT2D eigenvalue weighted by molar-refractivity contribution is 5.75. The normalized spacial score (nSPS) is 16.1. The Morgan fingerprint density at radius 2 is 1.79 bits per heavy atom. The van der Waals surface area contributed by atoms with Crippen LogP contribution in [-0.2, 0) is 11.2 Å². The van der Waals surface area contributed by atoms with Crippen molar-refractivity contribution in [3.8, 4) is 0 Å². The average Bonchev–Trinajstić information content (AvgIpc) is 3.20. The van der Waals surface area contributed by atoms with Crippen LogP contribution in [0.15, 0.2) is 54.9 Å². The van der Waals surface area contributed by atoms with E-state index in [0.29, 0.717) is 13.2 Å². The molecule has 0 amide bonds. The molecule has 1 saturated heterocycles. The maximum atomic E-state index is 5.50. The van der Waals surface area contributed by atoms with Gasteiger partial charge in [0.2, 0.25) is 5.95 Å². The molecule has 1 aromatic carbocycles. The van der Waals surface area contributed by atoms with Crippen molar-refractivity contribution in [1.29, 1.82) is 0 Å². The highest BCUT2D eigenvalue weighted by atomic mass is 16.5. The van der Waals surface area contributed by atoms with E-state index in [2.05, 4.69) is 44.4 Å². The number of morpholine rings is 1. The highest BCUT2D eigenvalue weighted by Gasteiger charge is 2.28. The predicted octanol–water partition coefficient (Wildman–Crippen LogP) is 3.15. The SMILES string of the molecule is c1ccc(N2CCc3c(Nc4cccnc4)nc(N4CCOCC4)nc32)cc1. The van der Waals surface area contributed by atoms with Gasteiger partial charge in [0.25, 0.3) is 0 Å². The van der Waals surface area contributed by atoms with Crippen LogP contribution in [0.1, 0.15) is 5.56 Å². The third-order valence-electron chi connectivity index (χ3n) is 5.10. The third kappa shape index (κ3) is 3.25. The van der Waals surface area contributed by atoms with Crippen molar-refractivity contribution in [2.45, 2.75) is 6.42 Å². The second-order valence-electron chi connectivity index (χ2n) is 6.88. The van der Waals surface area contributed by atoms with Gasteiger partial charge < -0.3 is 19.9 Å². The van der Waals surface area contributed by atoms with Crippen LogP contribution in [0.5, 0.6) is 0 Å². The molecule has 28 heavy (non-hydrogen) atoms. The van der Waals surface area contributed by atoms with Crippen molar-refractivity contribution in [3.63, 3.8) is 0 Å². The Morgan fingerprint density at radius 3 is 2.57 bits per heavy atom. The van der Waals surface area contributed by atoms with Gasteiger partial charge in [0.1, 0.15) is 11.6 Å². The Balaban J connectivity index is 1.57. The molecule has 5 rings (SSSR count). The van der Waals surface area contributed by atoms with Gasteiger partial charge in [-0.2, -0.15) is 9.97 Å². The summed E-state index contributed by atoms with van der Waals surface area (Å²) in [5.74, 6) is 2.59. The van der Waals surface area contributed by atoms with Crippen molar-refractivity contribution >= 4 is 29.0 Å². The fourth-order valence-electron chi connectivity index (χ4n) is 3.68. The lowest BCUT2D eigenvalue weighted by Crippen LogP contribution is -2.37. The summed E-state index contributed by atoms with van der Waals surface area (Å²) in [5.41, 5.74) is 3.22. The van der Waals surface area contributed by atoms with Crippen LogP contribution >= 0.6 is 0 Å². The lowest BCUT2D eigenvalue weighted by Gasteiger charge is -2.28. The molecular formula is C21H22N6O. The molecule has 0 radical (unpaired) electrons. The van der Waals surface area contributed by atoms with Gasteiger partial charge in [-0.25, -0.2) is 0 Å². The number of ether oxygens (including phenoxy) is 1. The first kappa shape index (κ1) is 16.9. The molecule has 4 heterocycles. The topological polar surface area (TPSA) is 66.4 Å². The maximum absolute atomic E-state index is 5.50. The van der Waals surface area contributed by atoms with Crippen molar-refractivity contribution in [1.82, 2.24) is 15.0 Å². The zero-order valence-electron chi connectivity index (χ0n) is 15.6. The van der Waals surface area contributed by atoms with E-state index in [-0.39, 0.29) is 0 Å². The number of hydrogen-bond acceptors (Lipinski definition) is 7. The van der Waals surface area contributed by atoms with Crippen molar-refractivity contribution in [3.05, 3.63) is 60.4 Å². The van der Waals surface area contributed by atoms with E-state index in [0.717, 1.165) is 60.6 Å². The van der Waals surface area contributed by atoms with Crippen LogP contribution < -0.4 is 15.1 Å². The Morgan fingerprint density at radius 1 is 0.929 bits per heavy atom. The summed E-state index contributed by atoms with van der Waals surface area (Å²) >= 11 is 0. The molecule has 7 nitrogen and oxygen atoms in total. The molecule has 0 spiro atoms. The van der Waals surface area contributed by atoms with E-state index in [4.69, 9.17) is 14.7 Å². The molecule has 7 heteroatoms. The number of pyridine rings is 1. The second-order valence-corrected chi connectivity index (χ2v) is 6.88. The number of nitrogens with one attached hydrogen (secondary N) is 1. The second kappa shape index (κ2) is 7.44. The van der Waals surface area contributed by atoms with E-state index in [9.17, 15) is 0 Å². The minimum Gasteiger partial charge on any atom is -0.378 e. The Kier molecular flexibility index (Phi) is 4.50. The van der Waals surface area contributed by atoms with Crippen LogP contribution in [0.3, 0.4) is 0 Å². The summed E-state index contributed by atoms with van der Waals surface area (Å²) in [6, 6.07) is 14.3. The van der Waals surface area contributed by atoms with Crippen LogP contribution in [0.2, 0.25) is 0 Å². The van der Waals surface area contributed by atoms with Gasteiger partial charge in [0.15, 0.2) is 0 Å². The van der Waals surface area contributed by atoms with E-state index in [1.54, 1.807) is 6.20 Å². The van der Waals surface area contributed by atoms with Crippen molar-refractivity contribution in [2.75, 3.05) is 48.0 Å². The van der Waals surface area contributed by atoms with Gasteiger partial charge >= 0.3 is 0 Å². The summed E-state index contributed by atoms with van der Waals surface area (Å²) in [6.45, 7) is 3.90. The molecule has 0 saturated carbocycles. The molecule has 2 aliphatic rings. The van der Waals surface area contributed by atoms with Crippen LogP contribution in [0.4, 0.5) is 29.0 Å². The summed E-state index contributed by atoms with van der Waals surface area (Å²) in [4.78, 5) is 18.5. The Bertz CT molecular complexity index is 944. The quantitative estimate of drug-likeness (QED) is 0.752. The number of fused-ring (bicyclic) bond motifs is 1. The zero-order chi connectivity index (χ0) is 18.8. The largest absolute Gasteiger partial charge is 0.378 e. The Hall–Kier alpha value is -3.19. The molecule has 2 aromatic heterocycles. The third-order valence-corrected chi connectivity index (χ3v) is 5.10. The van der Waals surface area contributed by atoms with Crippen LogP contribution in [-0.4, -0.2) is 47.8 Å². The van der Waals surface area contributed by atoms with Crippen LogP contribution in [0.25, 0.3) is 0 Å². The van der Waals surface area contributed by atoms with Gasteiger partial charge in [0, 0.05) is 37.1 Å². The van der Waals surface area contributed by atoms with Crippen molar-refractivity contribution in [2.24, 2.45) is 0 Å². The number of para-hydroxylation sites is 1. The van der Waals surface area contributed by atoms with E-state index in [1.807, 2.05) is 24.4 Å². The fraction of sp³-hybridized carbons (Fsp3) is 0.286. The number of benzene rings is 1. The van der Waals surface area contributed by atoms with Crippen molar-refractivity contribution < 1.29 is 4.74 Å². The zero-order valence-corrected chi connectivity index (χ0v) is 15.6. The standard InChI is InChI=1S/C21H22N6O/c1-2-6-17(7-3-1)27-10-8-18-19(23-16-5-4-9-22-15-16)24-21(25-20(18)27)26-11-13-28-14-12-26/h1-7,9,15H,8,10-14H2,(H,23,24,25). The Labute approximate surface area is 164 Å². The molecule has 0 bridgehead atoms. The molecule has 1 N–H and O–H groups in total. The molecule has 0 unspecified atom stereocenters. The maximum Gasteiger partial charge on any atom is 0.229 e. The molecule has 2 aliphatic heterocycles. The first-order chi connectivity index (χ1) is 13.9. The molecule has 142 valence electrons. The number of nitrogens with zero attached hydrogens (tertiary/aromatic N) is 5. The minimum absolute atomic E-state index is 0.703. The lowest BCUT2D eigenvalue weighted by atomic mass is 10.2. The van der Waals surface area contributed by atoms with Crippen LogP contribution in [0, 0.1) is 0 Å². The molecule has 3 aromatic rings. The van der Waals surface area contributed by atoms with Gasteiger partial charge in [-0.3, -0.25) is 4.98 Å². The van der Waals surface area contributed by atoms with Gasteiger partial charge in [-0.1, -0.05) is 18.2 Å². The molecule has 0 aliphatic carbocycles. The number of hydrogen-bond donors (Lipinski definition) is 1. The van der Waals surface area contributed by atoms with Gasteiger partial charge in [-0.05, 0) is 30.7 Å². The fourth-order valence-corrected chi connectivity index (χ4v) is 3.68. The monoisotopic (exact) mass is 374 g/mol. The smallest absolute Gasteiger partial charge is 0.229 e. The summed E-state index contributed by atoms with van der Waals surface area (Å²) < 4.78 is 5.50. The van der Waals surface area contributed by atoms with Gasteiger partial charge in [-0.15, -0.1) is 0 Å². The number of aromatic nitrogens is 3. The average molecular weight is 374 g/mol. The molecular weight excluding hydrogens is 352 g/mol. The molecule has 1 fully saturated rings. The summed E-state index contributed by atoms with van der Waals surface area (Å²) in [5, 5.41) is 3.46. The van der Waals surface area contributed by atoms with E-state index in [1.165, 1.54) is 0 Å². The van der Waals surface area contributed by atoms with E-state index >= 15 is 0 Å². The number of anilines is 5. The highest BCUT2D eigenvalue weighted by Crippen LogP contribution is 2.38. The summed E-state index contributed by atoms with van der Waals surface area (Å²) in [7, 11) is 0. The summed E-state index contributed by atoms with van der Waals surface area (Å²) in [6.07, 6.45) is 4.48. The predicted molar refractivity (Wildman–Crippen MR) is 110 cm³/mol. The first-order valence-electron chi connectivity index (χ1n) is 9.62.